The minimum Gasteiger partial charge on any atom is -0.490 e. The standard InChI is InChI=1S/C24H30Cl2N4O2/c1-27-23-14-17(4-9-28-23)16-29-10-5-18(6-11-29)24(31)30-12-7-19(8-13-30)32-20-2-3-21(25)22(26)15-20/h2-4,9,14-15,18-19H,5-8,10-13,16H2,1H3,(H,27,28). The second-order valence-corrected chi connectivity index (χ2v) is 9.38. The molecule has 172 valence electrons. The van der Waals surface area contributed by atoms with Crippen LogP contribution in [0.15, 0.2) is 36.5 Å². The summed E-state index contributed by atoms with van der Waals surface area (Å²) in [6.45, 7) is 4.29. The fraction of sp³-hybridized carbons (Fsp3) is 0.500. The number of nitrogens with zero attached hydrogens (tertiary/aromatic N) is 3. The second-order valence-electron chi connectivity index (χ2n) is 8.57. The van der Waals surface area contributed by atoms with Crippen LogP contribution in [0, 0.1) is 5.92 Å². The molecule has 0 spiro atoms. The molecule has 3 heterocycles. The lowest BCUT2D eigenvalue weighted by molar-refractivity contribution is -0.139. The number of nitrogens with one attached hydrogen (secondary N) is 1. The molecule has 1 aromatic heterocycles. The van der Waals surface area contributed by atoms with E-state index in [0.717, 1.165) is 70.0 Å². The van der Waals surface area contributed by atoms with Crippen molar-refractivity contribution in [1.29, 1.82) is 0 Å². The van der Waals surface area contributed by atoms with Gasteiger partial charge in [-0.3, -0.25) is 9.69 Å². The molecule has 0 saturated carbocycles. The number of hydrogen-bond donors (Lipinski definition) is 1. The third kappa shape index (κ3) is 5.85. The molecule has 4 rings (SSSR count). The van der Waals surface area contributed by atoms with E-state index >= 15 is 0 Å². The highest BCUT2D eigenvalue weighted by atomic mass is 35.5. The average molecular weight is 477 g/mol. The van der Waals surface area contributed by atoms with E-state index < -0.39 is 0 Å². The van der Waals surface area contributed by atoms with Crippen molar-refractivity contribution < 1.29 is 9.53 Å². The first-order chi connectivity index (χ1) is 15.5. The number of benzene rings is 1. The molecule has 8 heteroatoms. The summed E-state index contributed by atoms with van der Waals surface area (Å²) in [5, 5.41) is 4.10. The number of aromatic nitrogens is 1. The van der Waals surface area contributed by atoms with E-state index in [2.05, 4.69) is 27.3 Å². The van der Waals surface area contributed by atoms with Gasteiger partial charge in [-0.2, -0.15) is 0 Å². The molecule has 1 N–H and O–H groups in total. The van der Waals surface area contributed by atoms with Crippen LogP contribution in [0.25, 0.3) is 0 Å². The molecule has 0 bridgehead atoms. The van der Waals surface area contributed by atoms with Crippen LogP contribution in [0.2, 0.25) is 10.0 Å². The summed E-state index contributed by atoms with van der Waals surface area (Å²) in [6, 6.07) is 9.48. The highest BCUT2D eigenvalue weighted by Gasteiger charge is 2.31. The molecular formula is C24H30Cl2N4O2. The van der Waals surface area contributed by atoms with Crippen LogP contribution in [0.4, 0.5) is 5.82 Å². The average Bonchev–Trinajstić information content (AvgIpc) is 2.82. The van der Waals surface area contributed by atoms with Crippen molar-refractivity contribution in [3.63, 3.8) is 0 Å². The Morgan fingerprint density at radius 2 is 1.81 bits per heavy atom. The van der Waals surface area contributed by atoms with E-state index in [4.69, 9.17) is 27.9 Å². The Hall–Kier alpha value is -2.02. The van der Waals surface area contributed by atoms with Crippen LogP contribution < -0.4 is 10.1 Å². The van der Waals surface area contributed by atoms with E-state index in [-0.39, 0.29) is 12.0 Å². The summed E-state index contributed by atoms with van der Waals surface area (Å²) in [5.41, 5.74) is 1.25. The maximum absolute atomic E-state index is 13.1. The summed E-state index contributed by atoms with van der Waals surface area (Å²) in [5.74, 6) is 2.05. The number of amides is 1. The first-order valence-corrected chi connectivity index (χ1v) is 12.0. The van der Waals surface area contributed by atoms with E-state index in [1.165, 1.54) is 5.56 Å². The minimum atomic E-state index is 0.0982. The molecule has 2 fully saturated rings. The van der Waals surface area contributed by atoms with Gasteiger partial charge in [0.25, 0.3) is 0 Å². The van der Waals surface area contributed by atoms with Crippen molar-refractivity contribution >= 4 is 34.9 Å². The number of halogens is 2. The molecule has 0 radical (unpaired) electrons. The van der Waals surface area contributed by atoms with Gasteiger partial charge in [0.15, 0.2) is 0 Å². The maximum Gasteiger partial charge on any atom is 0.225 e. The Bertz CT molecular complexity index is 926. The first kappa shape index (κ1) is 23.1. The quantitative estimate of drug-likeness (QED) is 0.653. The first-order valence-electron chi connectivity index (χ1n) is 11.3. The maximum atomic E-state index is 13.1. The van der Waals surface area contributed by atoms with Crippen molar-refractivity contribution in [3.05, 3.63) is 52.1 Å². The normalized spacial score (nSPS) is 18.5. The molecule has 1 amide bonds. The Labute approximate surface area is 199 Å². The molecule has 2 aromatic rings. The number of rotatable bonds is 6. The number of pyridine rings is 1. The largest absolute Gasteiger partial charge is 0.490 e. The zero-order chi connectivity index (χ0) is 22.5. The molecule has 32 heavy (non-hydrogen) atoms. The molecule has 2 aliphatic rings. The second kappa shape index (κ2) is 10.7. The number of carbonyl (C=O) groups is 1. The van der Waals surface area contributed by atoms with Gasteiger partial charge in [0.05, 0.1) is 10.0 Å². The van der Waals surface area contributed by atoms with Crippen molar-refractivity contribution in [1.82, 2.24) is 14.8 Å². The van der Waals surface area contributed by atoms with Crippen molar-refractivity contribution in [3.8, 4) is 5.75 Å². The zero-order valence-electron chi connectivity index (χ0n) is 18.4. The summed E-state index contributed by atoms with van der Waals surface area (Å²) < 4.78 is 6.06. The van der Waals surface area contributed by atoms with Gasteiger partial charge in [-0.25, -0.2) is 4.98 Å². The van der Waals surface area contributed by atoms with Gasteiger partial charge in [0.1, 0.15) is 17.7 Å². The lowest BCUT2D eigenvalue weighted by Gasteiger charge is -2.37. The van der Waals surface area contributed by atoms with E-state index in [0.29, 0.717) is 16.0 Å². The molecule has 2 aliphatic heterocycles. The number of piperidine rings is 2. The van der Waals surface area contributed by atoms with Gasteiger partial charge < -0.3 is 15.0 Å². The van der Waals surface area contributed by atoms with E-state index in [1.807, 2.05) is 24.2 Å². The van der Waals surface area contributed by atoms with E-state index in [1.54, 1.807) is 12.1 Å². The van der Waals surface area contributed by atoms with Crippen LogP contribution in [0.3, 0.4) is 0 Å². The molecule has 0 unspecified atom stereocenters. The Balaban J connectivity index is 1.21. The lowest BCUT2D eigenvalue weighted by Crippen LogP contribution is -2.46. The van der Waals surface area contributed by atoms with Gasteiger partial charge in [-0.15, -0.1) is 0 Å². The smallest absolute Gasteiger partial charge is 0.225 e. The number of hydrogen-bond acceptors (Lipinski definition) is 5. The Kier molecular flexibility index (Phi) is 7.76. The Morgan fingerprint density at radius 3 is 2.50 bits per heavy atom. The summed E-state index contributed by atoms with van der Waals surface area (Å²) in [6.07, 6.45) is 5.44. The fourth-order valence-corrected chi connectivity index (χ4v) is 4.79. The van der Waals surface area contributed by atoms with Gasteiger partial charge >= 0.3 is 0 Å². The van der Waals surface area contributed by atoms with Gasteiger partial charge in [0.2, 0.25) is 5.91 Å². The SMILES string of the molecule is CNc1cc(CN2CCC(C(=O)N3CCC(Oc4ccc(Cl)c(Cl)c4)CC3)CC2)ccn1. The molecule has 1 aromatic carbocycles. The Morgan fingerprint density at radius 1 is 1.06 bits per heavy atom. The number of carbonyl (C=O) groups excluding carboxylic acids is 1. The van der Waals surface area contributed by atoms with Crippen LogP contribution in [0.5, 0.6) is 5.75 Å². The van der Waals surface area contributed by atoms with Crippen LogP contribution in [0.1, 0.15) is 31.2 Å². The van der Waals surface area contributed by atoms with Crippen LogP contribution >= 0.6 is 23.2 Å². The predicted octanol–water partition coefficient (Wildman–Crippen LogP) is 4.71. The van der Waals surface area contributed by atoms with Crippen LogP contribution in [-0.4, -0.2) is 60.0 Å². The lowest BCUT2D eigenvalue weighted by atomic mass is 9.94. The molecule has 0 atom stereocenters. The third-order valence-corrected chi connectivity index (χ3v) is 7.11. The summed E-state index contributed by atoms with van der Waals surface area (Å²) in [7, 11) is 1.88. The number of anilines is 1. The number of likely N-dealkylation sites (tertiary alicyclic amines) is 2. The molecule has 6 nitrogen and oxygen atoms in total. The summed E-state index contributed by atoms with van der Waals surface area (Å²) in [4.78, 5) is 21.8. The van der Waals surface area contributed by atoms with Crippen molar-refractivity contribution in [2.45, 2.75) is 38.3 Å². The van der Waals surface area contributed by atoms with E-state index in [9.17, 15) is 4.79 Å². The highest BCUT2D eigenvalue weighted by molar-refractivity contribution is 6.42. The van der Waals surface area contributed by atoms with Gasteiger partial charge in [-0.05, 0) is 55.8 Å². The predicted molar refractivity (Wildman–Crippen MR) is 128 cm³/mol. The number of ether oxygens (including phenoxy) is 1. The topological polar surface area (TPSA) is 57.7 Å². The fourth-order valence-electron chi connectivity index (χ4n) is 4.50. The van der Waals surface area contributed by atoms with Crippen LogP contribution in [-0.2, 0) is 11.3 Å². The monoisotopic (exact) mass is 476 g/mol. The van der Waals surface area contributed by atoms with Crippen molar-refractivity contribution in [2.75, 3.05) is 38.5 Å². The third-order valence-electron chi connectivity index (χ3n) is 6.37. The summed E-state index contributed by atoms with van der Waals surface area (Å²) >= 11 is 12.1. The molecular weight excluding hydrogens is 447 g/mol. The molecule has 0 aliphatic carbocycles. The van der Waals surface area contributed by atoms with Gasteiger partial charge in [-0.1, -0.05) is 23.2 Å². The van der Waals surface area contributed by atoms with Gasteiger partial charge in [0, 0.05) is 57.7 Å². The van der Waals surface area contributed by atoms with Crippen molar-refractivity contribution in [2.24, 2.45) is 5.92 Å². The highest BCUT2D eigenvalue weighted by Crippen LogP contribution is 2.29. The zero-order valence-corrected chi connectivity index (χ0v) is 19.9. The minimum absolute atomic E-state index is 0.0982. The molecule has 2 saturated heterocycles.